The molecule has 0 bridgehead atoms. The Labute approximate surface area is 72.1 Å². The Morgan fingerprint density at radius 3 is 1.57 bits per heavy atom. The van der Waals surface area contributed by atoms with Gasteiger partial charge in [-0.15, -0.1) is 0 Å². The molecule has 0 atom stereocenters. The van der Waals surface area contributed by atoms with Gasteiger partial charge in [-0.25, -0.2) is 0 Å². The molecule has 0 radical (unpaired) electrons. The predicted octanol–water partition coefficient (Wildman–Crippen LogP) is -2.58. The summed E-state index contributed by atoms with van der Waals surface area (Å²) >= 11 is 0. The zero-order valence-corrected chi connectivity index (χ0v) is 7.87. The van der Waals surface area contributed by atoms with Gasteiger partial charge in [-0.2, -0.15) is 13.3 Å². The number of hydrogen-bond acceptors (Lipinski definition) is 0. The molecule has 0 fully saturated rings. The summed E-state index contributed by atoms with van der Waals surface area (Å²) in [7, 11) is 0. The first-order valence-corrected chi connectivity index (χ1v) is 1.69. The van der Waals surface area contributed by atoms with E-state index in [1.165, 1.54) is 6.42 Å². The van der Waals surface area contributed by atoms with E-state index >= 15 is 0 Å². The van der Waals surface area contributed by atoms with Crippen molar-refractivity contribution in [1.82, 2.24) is 0 Å². The third-order valence-electron chi connectivity index (χ3n) is 0.408. The molecule has 0 aromatic heterocycles. The van der Waals surface area contributed by atoms with Crippen molar-refractivity contribution < 1.29 is 22.5 Å². The van der Waals surface area contributed by atoms with Crippen LogP contribution in [0.5, 0.6) is 0 Å². The van der Waals surface area contributed by atoms with Crippen LogP contribution in [0, 0.1) is 6.42 Å². The molecule has 0 unspecified atom stereocenters. The fourth-order valence-corrected chi connectivity index (χ4v) is 0. The first-order chi connectivity index (χ1) is 1.91. The molecule has 0 spiro atoms. The third-order valence-corrected chi connectivity index (χ3v) is 0.408. The zero-order chi connectivity index (χ0) is 3.41. The van der Waals surface area contributed by atoms with Crippen molar-refractivity contribution in [2.24, 2.45) is 0 Å². The van der Waals surface area contributed by atoms with Crippen LogP contribution in [-0.2, 0) is 0 Å². The Kier molecular flexibility index (Phi) is 92.9. The molecule has 0 saturated heterocycles. The van der Waals surface area contributed by atoms with Gasteiger partial charge in [-0.1, -0.05) is 6.92 Å². The number of unbranched alkanes of at least 4 members (excludes halogenated alkanes) is 1. The van der Waals surface area contributed by atoms with Crippen LogP contribution in [0.25, 0.3) is 0 Å². The van der Waals surface area contributed by atoms with Crippen molar-refractivity contribution in [3.05, 3.63) is 6.42 Å². The number of hydrogen-bond donors (Lipinski definition) is 0. The van der Waals surface area contributed by atoms with E-state index in [2.05, 4.69) is 20.3 Å². The molecule has 0 saturated carbocycles. The minimum Gasteiger partial charge on any atom is -1.00 e. The van der Waals surface area contributed by atoms with Crippen molar-refractivity contribution in [2.75, 3.05) is 0 Å². The van der Waals surface area contributed by atoms with E-state index in [4.69, 9.17) is 0 Å². The van der Waals surface area contributed by atoms with Gasteiger partial charge in [0.1, 0.15) is 0 Å². The molecule has 0 aromatic carbocycles. The van der Waals surface area contributed by atoms with Crippen LogP contribution in [0.15, 0.2) is 0 Å². The Morgan fingerprint density at radius 2 is 1.57 bits per heavy atom. The molecular weight excluding hydrogens is 168 g/mol. The standard InChI is InChI=1S/C4H9.BrH.Mg.H2O/c1-3-4-2;;;/h3H,4H2,1-2H3;1H;;1H2/q-1;;+2;/p-1. The number of rotatable bonds is 1. The van der Waals surface area contributed by atoms with Crippen LogP contribution in [0.2, 0.25) is 0 Å². The van der Waals surface area contributed by atoms with Crippen LogP contribution >= 0.6 is 0 Å². The van der Waals surface area contributed by atoms with E-state index in [1.54, 1.807) is 0 Å². The maximum Gasteiger partial charge on any atom is 2.00 e. The smallest absolute Gasteiger partial charge is 1.00 e. The Bertz CT molecular complexity index is 13.7. The monoisotopic (exact) mass is 178 g/mol. The van der Waals surface area contributed by atoms with Gasteiger partial charge in [0.15, 0.2) is 0 Å². The van der Waals surface area contributed by atoms with Crippen LogP contribution in [0.4, 0.5) is 0 Å². The largest absolute Gasteiger partial charge is 2.00 e. The summed E-state index contributed by atoms with van der Waals surface area (Å²) in [6.45, 7) is 4.18. The molecule has 1 nitrogen and oxygen atoms in total. The van der Waals surface area contributed by atoms with Gasteiger partial charge in [0.2, 0.25) is 0 Å². The van der Waals surface area contributed by atoms with E-state index in [9.17, 15) is 0 Å². The quantitative estimate of drug-likeness (QED) is 0.313. The molecule has 0 heterocycles. The second-order valence-corrected chi connectivity index (χ2v) is 0.816. The maximum atomic E-state index is 2.12. The topological polar surface area (TPSA) is 31.5 Å². The summed E-state index contributed by atoms with van der Waals surface area (Å²) in [6, 6.07) is 0. The summed E-state index contributed by atoms with van der Waals surface area (Å²) in [6.07, 6.45) is 3.32. The predicted molar refractivity (Wildman–Crippen MR) is 29.6 cm³/mol. The van der Waals surface area contributed by atoms with Gasteiger partial charge in [-0.3, -0.25) is 0 Å². The van der Waals surface area contributed by atoms with E-state index in [0.29, 0.717) is 0 Å². The minimum absolute atomic E-state index is 0. The molecule has 42 valence electrons. The molecule has 2 N–H and O–H groups in total. The van der Waals surface area contributed by atoms with Crippen molar-refractivity contribution in [3.63, 3.8) is 0 Å². The van der Waals surface area contributed by atoms with E-state index in [1.807, 2.05) is 0 Å². The fraction of sp³-hybridized carbons (Fsp3) is 0.750. The summed E-state index contributed by atoms with van der Waals surface area (Å²) in [4.78, 5) is 0. The molecule has 0 amide bonds. The average molecular weight is 179 g/mol. The Balaban J connectivity index is -0.0000000150. The SMILES string of the molecule is C[CH-]CC.O.[Br-].[Mg+2]. The van der Waals surface area contributed by atoms with Gasteiger partial charge in [0.05, 0.1) is 0 Å². The van der Waals surface area contributed by atoms with Gasteiger partial charge < -0.3 is 28.9 Å². The Morgan fingerprint density at radius 1 is 1.43 bits per heavy atom. The average Bonchev–Trinajstić information content (AvgIpc) is 1.37. The fourth-order valence-electron chi connectivity index (χ4n) is 0. The van der Waals surface area contributed by atoms with Crippen LogP contribution < -0.4 is 17.0 Å². The van der Waals surface area contributed by atoms with Crippen LogP contribution in [0.3, 0.4) is 0 Å². The first kappa shape index (κ1) is 24.1. The van der Waals surface area contributed by atoms with Crippen LogP contribution in [0.1, 0.15) is 20.3 Å². The third kappa shape index (κ3) is 40.1. The zero-order valence-electron chi connectivity index (χ0n) is 4.87. The molecule has 0 aliphatic carbocycles. The normalized spacial score (nSPS) is 4.29. The Hall–Kier alpha value is 1.21. The summed E-state index contributed by atoms with van der Waals surface area (Å²) in [5, 5.41) is 0. The first-order valence-electron chi connectivity index (χ1n) is 1.69. The summed E-state index contributed by atoms with van der Waals surface area (Å²) < 4.78 is 0. The molecular formula is C4H11BrMgO. The van der Waals surface area contributed by atoms with Crippen molar-refractivity contribution in [1.29, 1.82) is 0 Å². The second kappa shape index (κ2) is 27.0. The molecule has 0 rings (SSSR count). The van der Waals surface area contributed by atoms with E-state index in [-0.39, 0.29) is 45.5 Å². The van der Waals surface area contributed by atoms with Crippen molar-refractivity contribution >= 4 is 23.1 Å². The molecule has 0 aliphatic heterocycles. The molecule has 7 heavy (non-hydrogen) atoms. The maximum absolute atomic E-state index is 2.12. The van der Waals surface area contributed by atoms with Crippen LogP contribution in [-0.4, -0.2) is 28.5 Å². The van der Waals surface area contributed by atoms with Crippen molar-refractivity contribution in [3.8, 4) is 0 Å². The van der Waals surface area contributed by atoms with Gasteiger partial charge in [0, 0.05) is 0 Å². The van der Waals surface area contributed by atoms with Gasteiger partial charge >= 0.3 is 23.1 Å². The summed E-state index contributed by atoms with van der Waals surface area (Å²) in [5.41, 5.74) is 0. The molecule has 0 aliphatic rings. The van der Waals surface area contributed by atoms with Crippen molar-refractivity contribution in [2.45, 2.75) is 20.3 Å². The number of halogens is 1. The summed E-state index contributed by atoms with van der Waals surface area (Å²) in [5.74, 6) is 0. The molecule has 3 heteroatoms. The van der Waals surface area contributed by atoms with Gasteiger partial charge in [0.25, 0.3) is 0 Å². The minimum atomic E-state index is 0. The van der Waals surface area contributed by atoms with Gasteiger partial charge in [-0.05, 0) is 0 Å². The van der Waals surface area contributed by atoms with E-state index in [0.717, 1.165) is 0 Å². The molecule has 0 aromatic rings. The second-order valence-electron chi connectivity index (χ2n) is 0.816. The van der Waals surface area contributed by atoms with E-state index < -0.39 is 0 Å².